The summed E-state index contributed by atoms with van der Waals surface area (Å²) in [6.07, 6.45) is 0.235. The molecule has 2 aromatic carbocycles. The van der Waals surface area contributed by atoms with Crippen LogP contribution in [0.25, 0.3) is 22.2 Å². The van der Waals surface area contributed by atoms with Crippen LogP contribution in [0.4, 0.5) is 0 Å². The average Bonchev–Trinajstić information content (AvgIpc) is 3.07. The lowest BCUT2D eigenvalue weighted by molar-refractivity contribution is -0.131. The minimum atomic E-state index is -0.00497. The predicted octanol–water partition coefficient (Wildman–Crippen LogP) is 4.80. The molecule has 0 bridgehead atoms. The lowest BCUT2D eigenvalue weighted by atomic mass is 10.0. The first-order chi connectivity index (χ1) is 17.4. The summed E-state index contributed by atoms with van der Waals surface area (Å²) in [4.78, 5) is 20.0. The fourth-order valence-electron chi connectivity index (χ4n) is 4.72. The summed E-state index contributed by atoms with van der Waals surface area (Å²) in [6.45, 7) is 6.99. The first kappa shape index (κ1) is 23.7. The van der Waals surface area contributed by atoms with Crippen molar-refractivity contribution in [3.63, 3.8) is 0 Å². The quantitative estimate of drug-likeness (QED) is 0.400. The fraction of sp³-hybridized carbons (Fsp3) is 0.321. The van der Waals surface area contributed by atoms with Gasteiger partial charge >= 0.3 is 0 Å². The molecule has 0 unspecified atom stereocenters. The molecule has 36 heavy (non-hydrogen) atoms. The number of methoxy groups -OCH3 is 2. The third-order valence-electron chi connectivity index (χ3n) is 6.71. The molecule has 1 aliphatic heterocycles. The summed E-state index contributed by atoms with van der Waals surface area (Å²) < 4.78 is 22.6. The van der Waals surface area contributed by atoms with Crippen LogP contribution in [0.1, 0.15) is 28.1 Å². The SMILES string of the molecule is COc1cc(-c2cc(C)c3cccc(OC)c3n2)cc2c1OCCN(C(=O)Cc1c(C)noc1C)C2. The zero-order chi connectivity index (χ0) is 25.4. The Bertz CT molecular complexity index is 1440. The van der Waals surface area contributed by atoms with Gasteiger partial charge in [-0.1, -0.05) is 17.3 Å². The van der Waals surface area contributed by atoms with Crippen LogP contribution < -0.4 is 14.2 Å². The molecule has 4 aromatic rings. The van der Waals surface area contributed by atoms with E-state index in [0.717, 1.165) is 50.3 Å². The number of amides is 1. The van der Waals surface area contributed by atoms with Gasteiger partial charge in [-0.15, -0.1) is 0 Å². The summed E-state index contributed by atoms with van der Waals surface area (Å²) in [6, 6.07) is 11.9. The Morgan fingerprint density at radius 3 is 2.61 bits per heavy atom. The summed E-state index contributed by atoms with van der Waals surface area (Å²) >= 11 is 0. The monoisotopic (exact) mass is 487 g/mol. The van der Waals surface area contributed by atoms with Crippen LogP contribution in [0.15, 0.2) is 40.9 Å². The van der Waals surface area contributed by atoms with Gasteiger partial charge in [-0.25, -0.2) is 4.98 Å². The Morgan fingerprint density at radius 1 is 1.08 bits per heavy atom. The number of rotatable bonds is 5. The third kappa shape index (κ3) is 4.23. The van der Waals surface area contributed by atoms with Gasteiger partial charge in [0.2, 0.25) is 5.91 Å². The summed E-state index contributed by atoms with van der Waals surface area (Å²) in [5, 5.41) is 5.02. The van der Waals surface area contributed by atoms with Crippen molar-refractivity contribution in [1.82, 2.24) is 15.0 Å². The molecule has 1 aliphatic rings. The minimum Gasteiger partial charge on any atom is -0.494 e. The number of hydrogen-bond donors (Lipinski definition) is 0. The molecule has 5 rings (SSSR count). The lowest BCUT2D eigenvalue weighted by Crippen LogP contribution is -2.33. The zero-order valence-corrected chi connectivity index (χ0v) is 21.2. The molecule has 0 fully saturated rings. The number of nitrogens with zero attached hydrogens (tertiary/aromatic N) is 3. The van der Waals surface area contributed by atoms with Crippen molar-refractivity contribution in [3.05, 3.63) is 64.5 Å². The molecular weight excluding hydrogens is 458 g/mol. The molecule has 0 aliphatic carbocycles. The third-order valence-corrected chi connectivity index (χ3v) is 6.71. The van der Waals surface area contributed by atoms with E-state index in [-0.39, 0.29) is 12.3 Å². The molecule has 1 amide bonds. The predicted molar refractivity (Wildman–Crippen MR) is 136 cm³/mol. The molecule has 0 saturated heterocycles. The van der Waals surface area contributed by atoms with Gasteiger partial charge in [0, 0.05) is 28.6 Å². The normalized spacial score (nSPS) is 13.2. The van der Waals surface area contributed by atoms with Crippen molar-refractivity contribution >= 4 is 16.8 Å². The van der Waals surface area contributed by atoms with Crippen molar-refractivity contribution in [1.29, 1.82) is 0 Å². The lowest BCUT2D eigenvalue weighted by Gasteiger charge is -2.20. The molecule has 0 radical (unpaired) electrons. The van der Waals surface area contributed by atoms with Crippen LogP contribution in [-0.2, 0) is 17.8 Å². The van der Waals surface area contributed by atoms with Crippen molar-refractivity contribution in [2.45, 2.75) is 33.7 Å². The maximum absolute atomic E-state index is 13.2. The summed E-state index contributed by atoms with van der Waals surface area (Å²) in [7, 11) is 3.27. The largest absolute Gasteiger partial charge is 0.494 e. The zero-order valence-electron chi connectivity index (χ0n) is 21.2. The number of aryl methyl sites for hydroxylation is 3. The van der Waals surface area contributed by atoms with Crippen LogP contribution in [0.3, 0.4) is 0 Å². The highest BCUT2D eigenvalue weighted by molar-refractivity contribution is 5.90. The van der Waals surface area contributed by atoms with Gasteiger partial charge in [-0.05, 0) is 50.6 Å². The first-order valence-corrected chi connectivity index (χ1v) is 11.9. The van der Waals surface area contributed by atoms with Crippen LogP contribution in [0.2, 0.25) is 0 Å². The molecule has 0 N–H and O–H groups in total. The molecule has 0 saturated carbocycles. The first-order valence-electron chi connectivity index (χ1n) is 11.9. The fourth-order valence-corrected chi connectivity index (χ4v) is 4.72. The maximum atomic E-state index is 13.2. The highest BCUT2D eigenvalue weighted by Crippen LogP contribution is 2.39. The van der Waals surface area contributed by atoms with Crippen LogP contribution >= 0.6 is 0 Å². The summed E-state index contributed by atoms with van der Waals surface area (Å²) in [5.41, 5.74) is 6.01. The Labute approximate surface area is 209 Å². The number of carbonyl (C=O) groups excluding carboxylic acids is 1. The molecule has 8 nitrogen and oxygen atoms in total. The Morgan fingerprint density at radius 2 is 1.89 bits per heavy atom. The van der Waals surface area contributed by atoms with Gasteiger partial charge in [-0.3, -0.25) is 4.79 Å². The van der Waals surface area contributed by atoms with Crippen LogP contribution in [0, 0.1) is 20.8 Å². The number of carbonyl (C=O) groups is 1. The second kappa shape index (κ2) is 9.53. The van der Waals surface area contributed by atoms with E-state index in [4.69, 9.17) is 23.7 Å². The Kier molecular flexibility index (Phi) is 6.26. The average molecular weight is 488 g/mol. The second-order valence-electron chi connectivity index (χ2n) is 8.99. The van der Waals surface area contributed by atoms with Crippen molar-refractivity contribution in [2.24, 2.45) is 0 Å². The van der Waals surface area contributed by atoms with Crippen molar-refractivity contribution < 1.29 is 23.5 Å². The van der Waals surface area contributed by atoms with E-state index in [2.05, 4.69) is 18.1 Å². The van der Waals surface area contributed by atoms with Gasteiger partial charge in [0.15, 0.2) is 11.5 Å². The second-order valence-corrected chi connectivity index (χ2v) is 8.99. The van der Waals surface area contributed by atoms with Gasteiger partial charge in [0.05, 0.1) is 38.6 Å². The highest BCUT2D eigenvalue weighted by atomic mass is 16.5. The summed E-state index contributed by atoms with van der Waals surface area (Å²) in [5.74, 6) is 2.66. The standard InChI is InChI=1S/C28H29N3O5/c1-16-11-23(29-27-21(16)7-6-8-24(27)33-4)19-12-20-15-31(9-10-35-28(20)25(13-19)34-5)26(32)14-22-17(2)30-36-18(22)3/h6-8,11-13H,9-10,14-15H2,1-5H3. The Balaban J connectivity index is 1.53. The van der Waals surface area contributed by atoms with Gasteiger partial charge in [0.1, 0.15) is 23.6 Å². The molecule has 0 spiro atoms. The number of ether oxygens (including phenoxy) is 3. The maximum Gasteiger partial charge on any atom is 0.227 e. The number of hydrogen-bond acceptors (Lipinski definition) is 7. The molecule has 8 heteroatoms. The van der Waals surface area contributed by atoms with Crippen LogP contribution in [0.5, 0.6) is 17.2 Å². The number of aromatic nitrogens is 2. The van der Waals surface area contributed by atoms with E-state index in [1.807, 2.05) is 49.1 Å². The number of fused-ring (bicyclic) bond motifs is 2. The number of benzene rings is 2. The van der Waals surface area contributed by atoms with Gasteiger partial charge < -0.3 is 23.6 Å². The molecular formula is C28H29N3O5. The van der Waals surface area contributed by atoms with Crippen molar-refractivity contribution in [3.8, 4) is 28.5 Å². The Hall–Kier alpha value is -4.07. The van der Waals surface area contributed by atoms with Gasteiger partial charge in [-0.2, -0.15) is 0 Å². The molecule has 3 heterocycles. The van der Waals surface area contributed by atoms with Crippen LogP contribution in [-0.4, -0.2) is 48.3 Å². The van der Waals surface area contributed by atoms with E-state index in [9.17, 15) is 4.79 Å². The topological polar surface area (TPSA) is 86.9 Å². The molecule has 186 valence electrons. The van der Waals surface area contributed by atoms with E-state index in [0.29, 0.717) is 37.0 Å². The number of pyridine rings is 1. The van der Waals surface area contributed by atoms with E-state index in [1.165, 1.54) is 0 Å². The van der Waals surface area contributed by atoms with E-state index < -0.39 is 0 Å². The smallest absolute Gasteiger partial charge is 0.227 e. The number of para-hydroxylation sites is 1. The van der Waals surface area contributed by atoms with Gasteiger partial charge in [0.25, 0.3) is 0 Å². The molecule has 2 aromatic heterocycles. The minimum absolute atomic E-state index is 0.00497. The van der Waals surface area contributed by atoms with E-state index >= 15 is 0 Å². The van der Waals surface area contributed by atoms with Crippen molar-refractivity contribution in [2.75, 3.05) is 27.4 Å². The molecule has 0 atom stereocenters. The highest BCUT2D eigenvalue weighted by Gasteiger charge is 2.25. The van der Waals surface area contributed by atoms with E-state index in [1.54, 1.807) is 14.2 Å².